The molecule has 2 aliphatic heterocycles. The second-order valence-corrected chi connectivity index (χ2v) is 5.90. The molecule has 1 atom stereocenters. The zero-order valence-corrected chi connectivity index (χ0v) is 10.1. The Balaban J connectivity index is 1.82. The van der Waals surface area contributed by atoms with E-state index in [0.717, 1.165) is 18.8 Å². The minimum absolute atomic E-state index is 0.00431. The number of thioether (sulfide) groups is 1. The molecule has 2 saturated heterocycles. The lowest BCUT2D eigenvalue weighted by atomic mass is 10.0. The molecule has 2 rings (SSSR count). The average molecular weight is 244 g/mol. The summed E-state index contributed by atoms with van der Waals surface area (Å²) in [5.74, 6) is -0.185. The monoisotopic (exact) mass is 244 g/mol. The van der Waals surface area contributed by atoms with Crippen LogP contribution in [0.5, 0.6) is 0 Å². The van der Waals surface area contributed by atoms with Crippen LogP contribution in [-0.4, -0.2) is 64.1 Å². The number of amides is 2. The van der Waals surface area contributed by atoms with Crippen LogP contribution < -0.4 is 0 Å². The molecule has 0 aromatic carbocycles. The van der Waals surface area contributed by atoms with Crippen molar-refractivity contribution in [2.24, 2.45) is 5.92 Å². The Hall–Kier alpha value is -0.910. The van der Waals surface area contributed by atoms with Crippen LogP contribution in [-0.2, 0) is 4.79 Å². The summed E-state index contributed by atoms with van der Waals surface area (Å²) in [7, 11) is 0. The molecular formula is C10H16N2O3S. The molecule has 16 heavy (non-hydrogen) atoms. The van der Waals surface area contributed by atoms with Crippen LogP contribution in [0.25, 0.3) is 0 Å². The van der Waals surface area contributed by atoms with Crippen molar-refractivity contribution in [2.45, 2.75) is 12.2 Å². The Morgan fingerprint density at radius 3 is 2.50 bits per heavy atom. The van der Waals surface area contributed by atoms with Crippen molar-refractivity contribution in [3.05, 3.63) is 0 Å². The number of nitrogens with zero attached hydrogens (tertiary/aromatic N) is 2. The van der Waals surface area contributed by atoms with E-state index in [1.54, 1.807) is 4.90 Å². The molecule has 2 heterocycles. The number of likely N-dealkylation sites (tertiary alicyclic amines) is 1. The molecule has 0 bridgehead atoms. The van der Waals surface area contributed by atoms with Gasteiger partial charge in [0.15, 0.2) is 0 Å². The number of carboxylic acid groups (broad SMARTS) is 1. The molecule has 0 aromatic rings. The predicted octanol–water partition coefficient (Wildman–Crippen LogP) is 0.560. The van der Waals surface area contributed by atoms with Gasteiger partial charge in [-0.05, 0) is 0 Å². The van der Waals surface area contributed by atoms with E-state index >= 15 is 0 Å². The molecule has 2 fully saturated rings. The summed E-state index contributed by atoms with van der Waals surface area (Å²) in [6.07, 6.45) is 0. The van der Waals surface area contributed by atoms with Gasteiger partial charge in [0.25, 0.3) is 0 Å². The summed E-state index contributed by atoms with van der Waals surface area (Å²) >= 11 is 1.88. The Bertz CT molecular complexity index is 304. The Morgan fingerprint density at radius 1 is 1.25 bits per heavy atom. The summed E-state index contributed by atoms with van der Waals surface area (Å²) in [6.45, 7) is 4.40. The van der Waals surface area contributed by atoms with E-state index in [1.165, 1.54) is 0 Å². The molecule has 0 spiro atoms. The standard InChI is InChI=1S/C10H16N2O3S/c1-7-4-11(2-3-16-7)10(15)12-5-8(6-12)9(13)14/h7-8H,2-6H2,1H3,(H,13,14). The van der Waals surface area contributed by atoms with Gasteiger partial charge in [-0.25, -0.2) is 4.79 Å². The third-order valence-electron chi connectivity index (χ3n) is 3.01. The highest BCUT2D eigenvalue weighted by Gasteiger charge is 2.38. The molecule has 0 radical (unpaired) electrons. The van der Waals surface area contributed by atoms with Gasteiger partial charge in [0.05, 0.1) is 5.92 Å². The summed E-state index contributed by atoms with van der Waals surface area (Å²) < 4.78 is 0. The van der Waals surface area contributed by atoms with Crippen LogP contribution in [0.15, 0.2) is 0 Å². The highest BCUT2D eigenvalue weighted by atomic mass is 32.2. The van der Waals surface area contributed by atoms with Crippen molar-refractivity contribution >= 4 is 23.8 Å². The number of urea groups is 1. The zero-order chi connectivity index (χ0) is 11.7. The van der Waals surface area contributed by atoms with Gasteiger partial charge < -0.3 is 14.9 Å². The maximum Gasteiger partial charge on any atom is 0.320 e. The number of rotatable bonds is 1. The van der Waals surface area contributed by atoms with Crippen molar-refractivity contribution in [3.8, 4) is 0 Å². The maximum atomic E-state index is 11.9. The Labute approximate surface area is 98.8 Å². The van der Waals surface area contributed by atoms with Gasteiger partial charge in [0.1, 0.15) is 0 Å². The first-order chi connectivity index (χ1) is 7.58. The maximum absolute atomic E-state index is 11.9. The van der Waals surface area contributed by atoms with Crippen LogP contribution >= 0.6 is 11.8 Å². The molecule has 0 aliphatic carbocycles. The third kappa shape index (κ3) is 2.26. The van der Waals surface area contributed by atoms with Gasteiger partial charge in [-0.2, -0.15) is 11.8 Å². The highest BCUT2D eigenvalue weighted by Crippen LogP contribution is 2.22. The minimum atomic E-state index is -0.799. The quantitative estimate of drug-likeness (QED) is 0.732. The van der Waals surface area contributed by atoms with Crippen molar-refractivity contribution in [3.63, 3.8) is 0 Å². The van der Waals surface area contributed by atoms with Crippen LogP contribution in [0.3, 0.4) is 0 Å². The minimum Gasteiger partial charge on any atom is -0.481 e. The first-order valence-corrected chi connectivity index (χ1v) is 6.51. The number of aliphatic carboxylic acids is 1. The van der Waals surface area contributed by atoms with E-state index < -0.39 is 5.97 Å². The average Bonchev–Trinajstić information content (AvgIpc) is 2.14. The lowest BCUT2D eigenvalue weighted by Gasteiger charge is -2.41. The van der Waals surface area contributed by atoms with E-state index in [2.05, 4.69) is 6.92 Å². The van der Waals surface area contributed by atoms with Gasteiger partial charge in [0, 0.05) is 37.2 Å². The van der Waals surface area contributed by atoms with E-state index in [9.17, 15) is 9.59 Å². The van der Waals surface area contributed by atoms with E-state index in [1.807, 2.05) is 16.7 Å². The third-order valence-corrected chi connectivity index (χ3v) is 4.15. The summed E-state index contributed by atoms with van der Waals surface area (Å²) in [5, 5.41) is 9.21. The Kier molecular flexibility index (Phi) is 3.28. The lowest BCUT2D eigenvalue weighted by molar-refractivity contribution is -0.146. The molecule has 5 nitrogen and oxygen atoms in total. The van der Waals surface area contributed by atoms with Gasteiger partial charge in [-0.1, -0.05) is 6.92 Å². The molecule has 1 unspecified atom stereocenters. The van der Waals surface area contributed by atoms with Crippen molar-refractivity contribution in [1.29, 1.82) is 0 Å². The fourth-order valence-electron chi connectivity index (χ4n) is 1.98. The summed E-state index contributed by atoms with van der Waals surface area (Å²) in [6, 6.07) is 0.00431. The normalized spacial score (nSPS) is 26.4. The molecule has 2 amide bonds. The van der Waals surface area contributed by atoms with Gasteiger partial charge >= 0.3 is 12.0 Å². The summed E-state index contributed by atoms with van der Waals surface area (Å²) in [4.78, 5) is 26.0. The Morgan fingerprint density at radius 2 is 1.94 bits per heavy atom. The summed E-state index contributed by atoms with van der Waals surface area (Å²) in [5.41, 5.74) is 0. The molecule has 6 heteroatoms. The molecule has 2 aliphatic rings. The first-order valence-electron chi connectivity index (χ1n) is 5.46. The predicted molar refractivity (Wildman–Crippen MR) is 61.6 cm³/mol. The number of carboxylic acids is 1. The van der Waals surface area contributed by atoms with Crippen LogP contribution in [0.1, 0.15) is 6.92 Å². The number of carbonyl (C=O) groups is 2. The highest BCUT2D eigenvalue weighted by molar-refractivity contribution is 7.99. The lowest BCUT2D eigenvalue weighted by Crippen LogP contribution is -2.58. The number of carbonyl (C=O) groups excluding carboxylic acids is 1. The van der Waals surface area contributed by atoms with Gasteiger partial charge in [-0.15, -0.1) is 0 Å². The first kappa shape index (κ1) is 11.6. The van der Waals surface area contributed by atoms with Crippen LogP contribution in [0.4, 0.5) is 4.79 Å². The van der Waals surface area contributed by atoms with Crippen LogP contribution in [0, 0.1) is 5.92 Å². The molecular weight excluding hydrogens is 228 g/mol. The SMILES string of the molecule is CC1CN(C(=O)N2CC(C(=O)O)C2)CCS1. The molecule has 1 N–H and O–H groups in total. The largest absolute Gasteiger partial charge is 0.481 e. The van der Waals surface area contributed by atoms with Crippen molar-refractivity contribution in [2.75, 3.05) is 31.9 Å². The fraction of sp³-hybridized carbons (Fsp3) is 0.800. The second kappa shape index (κ2) is 4.53. The number of hydrogen-bond donors (Lipinski definition) is 1. The number of hydrogen-bond acceptors (Lipinski definition) is 3. The molecule has 90 valence electrons. The zero-order valence-electron chi connectivity index (χ0n) is 9.26. The second-order valence-electron chi connectivity index (χ2n) is 4.35. The van der Waals surface area contributed by atoms with Gasteiger partial charge in [0.2, 0.25) is 0 Å². The fourth-order valence-corrected chi connectivity index (χ4v) is 3.00. The molecule has 0 aromatic heterocycles. The van der Waals surface area contributed by atoms with Gasteiger partial charge in [-0.3, -0.25) is 4.79 Å². The molecule has 0 saturated carbocycles. The van der Waals surface area contributed by atoms with Crippen molar-refractivity contribution < 1.29 is 14.7 Å². The topological polar surface area (TPSA) is 60.9 Å². The van der Waals surface area contributed by atoms with Crippen LogP contribution in [0.2, 0.25) is 0 Å². The van der Waals surface area contributed by atoms with Crippen molar-refractivity contribution in [1.82, 2.24) is 9.80 Å². The van der Waals surface area contributed by atoms with E-state index in [4.69, 9.17) is 5.11 Å². The smallest absolute Gasteiger partial charge is 0.320 e. The van der Waals surface area contributed by atoms with E-state index in [-0.39, 0.29) is 11.9 Å². The van der Waals surface area contributed by atoms with E-state index in [0.29, 0.717) is 18.3 Å².